The first-order valence-electron chi connectivity index (χ1n) is 6.81. The zero-order valence-corrected chi connectivity index (χ0v) is 11.5. The van der Waals surface area contributed by atoms with Gasteiger partial charge in [-0.25, -0.2) is 0 Å². The van der Waals surface area contributed by atoms with Crippen molar-refractivity contribution in [1.82, 2.24) is 0 Å². The fourth-order valence-electron chi connectivity index (χ4n) is 2.26. The molecule has 1 amide bonds. The predicted octanol–water partition coefficient (Wildman–Crippen LogP) is 2.71. The van der Waals surface area contributed by atoms with Gasteiger partial charge >= 0.3 is 0 Å². The molecule has 4 nitrogen and oxygen atoms in total. The van der Waals surface area contributed by atoms with E-state index in [1.54, 1.807) is 17.1 Å². The van der Waals surface area contributed by atoms with Crippen molar-refractivity contribution in [2.45, 2.75) is 0 Å². The van der Waals surface area contributed by atoms with Crippen LogP contribution in [0.5, 0.6) is 5.75 Å². The average Bonchev–Trinajstić information content (AvgIpc) is 2.53. The second-order valence-electron chi connectivity index (χ2n) is 4.81. The smallest absolute Gasteiger partial charge is 0.251 e. The van der Waals surface area contributed by atoms with E-state index in [0.717, 1.165) is 17.0 Å². The number of hydrogen-bond acceptors (Lipinski definition) is 3. The van der Waals surface area contributed by atoms with E-state index in [1.165, 1.54) is 0 Å². The number of fused-ring (bicyclic) bond motifs is 1. The fraction of sp³-hybridized carbons (Fsp3) is 0.118. The van der Waals surface area contributed by atoms with Gasteiger partial charge in [-0.2, -0.15) is 0 Å². The number of nitrogens with zero attached hydrogens (tertiary/aromatic N) is 1. The number of benzene rings is 2. The van der Waals surface area contributed by atoms with Gasteiger partial charge in [-0.3, -0.25) is 4.79 Å². The summed E-state index contributed by atoms with van der Waals surface area (Å²) >= 11 is 0. The molecule has 1 aliphatic rings. The average molecular weight is 280 g/mol. The van der Waals surface area contributed by atoms with E-state index in [1.807, 2.05) is 48.5 Å². The van der Waals surface area contributed by atoms with E-state index in [9.17, 15) is 4.79 Å². The molecule has 0 aromatic heterocycles. The molecule has 3 rings (SSSR count). The maximum absolute atomic E-state index is 12.4. The summed E-state index contributed by atoms with van der Waals surface area (Å²) in [5.41, 5.74) is 8.11. The van der Waals surface area contributed by atoms with Gasteiger partial charge in [0.1, 0.15) is 12.4 Å². The van der Waals surface area contributed by atoms with Gasteiger partial charge in [-0.05, 0) is 35.9 Å². The molecule has 0 atom stereocenters. The Bertz CT molecular complexity index is 677. The van der Waals surface area contributed by atoms with Crippen LogP contribution in [0.1, 0.15) is 5.56 Å². The maximum atomic E-state index is 12.4. The first-order valence-corrected chi connectivity index (χ1v) is 6.81. The second kappa shape index (κ2) is 5.71. The molecule has 0 saturated carbocycles. The van der Waals surface area contributed by atoms with Crippen molar-refractivity contribution in [1.29, 1.82) is 0 Å². The highest BCUT2D eigenvalue weighted by atomic mass is 16.5. The van der Waals surface area contributed by atoms with E-state index in [-0.39, 0.29) is 5.91 Å². The number of carbonyl (C=O) groups excluding carboxylic acids is 1. The van der Waals surface area contributed by atoms with Crippen molar-refractivity contribution in [3.8, 4) is 5.75 Å². The van der Waals surface area contributed by atoms with Crippen molar-refractivity contribution >= 4 is 23.4 Å². The summed E-state index contributed by atoms with van der Waals surface area (Å²) in [7, 11) is 0. The molecular weight excluding hydrogens is 264 g/mol. The third-order valence-corrected chi connectivity index (χ3v) is 3.35. The van der Waals surface area contributed by atoms with Crippen LogP contribution in [0.3, 0.4) is 0 Å². The van der Waals surface area contributed by atoms with Gasteiger partial charge in [-0.1, -0.05) is 24.3 Å². The van der Waals surface area contributed by atoms with Crippen LogP contribution in [0.15, 0.2) is 54.6 Å². The van der Waals surface area contributed by atoms with Crippen LogP contribution in [0, 0.1) is 0 Å². The van der Waals surface area contributed by atoms with Gasteiger partial charge in [0.15, 0.2) is 0 Å². The molecule has 106 valence electrons. The Balaban J connectivity index is 1.79. The van der Waals surface area contributed by atoms with Gasteiger partial charge < -0.3 is 15.4 Å². The van der Waals surface area contributed by atoms with Crippen LogP contribution in [0.4, 0.5) is 11.4 Å². The lowest BCUT2D eigenvalue weighted by Gasteiger charge is -2.28. The van der Waals surface area contributed by atoms with E-state index < -0.39 is 0 Å². The summed E-state index contributed by atoms with van der Waals surface area (Å²) < 4.78 is 5.55. The molecule has 0 unspecified atom stereocenters. The van der Waals surface area contributed by atoms with Gasteiger partial charge in [0.2, 0.25) is 0 Å². The summed E-state index contributed by atoms with van der Waals surface area (Å²) in [6.45, 7) is 1.07. The first kappa shape index (κ1) is 13.2. The first-order chi connectivity index (χ1) is 10.2. The largest absolute Gasteiger partial charge is 0.490 e. The Labute approximate surface area is 123 Å². The number of nitrogens with two attached hydrogens (primary N) is 1. The van der Waals surface area contributed by atoms with Crippen LogP contribution in [0.2, 0.25) is 0 Å². The minimum Gasteiger partial charge on any atom is -0.490 e. The lowest BCUT2D eigenvalue weighted by Crippen LogP contribution is -2.36. The van der Waals surface area contributed by atoms with Gasteiger partial charge in [0.25, 0.3) is 5.91 Å². The number of para-hydroxylation sites is 2. The molecule has 2 N–H and O–H groups in total. The van der Waals surface area contributed by atoms with Crippen LogP contribution >= 0.6 is 0 Å². The van der Waals surface area contributed by atoms with E-state index in [2.05, 4.69) is 0 Å². The molecule has 0 saturated heterocycles. The zero-order valence-electron chi connectivity index (χ0n) is 11.5. The standard InChI is InChI=1S/C17H16N2O2/c18-14-8-5-13(6-9-14)7-10-17(20)19-11-12-21-16-4-2-1-3-15(16)19/h1-10H,11-12,18H2/b10-7+. The van der Waals surface area contributed by atoms with Crippen LogP contribution in [-0.4, -0.2) is 19.1 Å². The molecule has 0 radical (unpaired) electrons. The zero-order chi connectivity index (χ0) is 14.7. The molecule has 21 heavy (non-hydrogen) atoms. The molecule has 1 heterocycles. The number of anilines is 2. The van der Waals surface area contributed by atoms with E-state index >= 15 is 0 Å². The van der Waals surface area contributed by atoms with Crippen molar-refractivity contribution < 1.29 is 9.53 Å². The number of carbonyl (C=O) groups is 1. The molecule has 1 aliphatic heterocycles. The third kappa shape index (κ3) is 2.89. The maximum Gasteiger partial charge on any atom is 0.251 e. The summed E-state index contributed by atoms with van der Waals surface area (Å²) in [5.74, 6) is 0.695. The Morgan fingerprint density at radius 3 is 2.71 bits per heavy atom. The van der Waals surface area contributed by atoms with Gasteiger partial charge in [0.05, 0.1) is 12.2 Å². The third-order valence-electron chi connectivity index (χ3n) is 3.35. The minimum absolute atomic E-state index is 0.0532. The lowest BCUT2D eigenvalue weighted by molar-refractivity contribution is -0.114. The number of rotatable bonds is 2. The van der Waals surface area contributed by atoms with Crippen LogP contribution < -0.4 is 15.4 Å². The van der Waals surface area contributed by atoms with Crippen LogP contribution in [-0.2, 0) is 4.79 Å². The number of nitrogen functional groups attached to an aromatic ring is 1. The van der Waals surface area contributed by atoms with Crippen molar-refractivity contribution in [3.05, 3.63) is 60.2 Å². The van der Waals surface area contributed by atoms with Crippen molar-refractivity contribution in [2.24, 2.45) is 0 Å². The number of ether oxygens (including phenoxy) is 1. The lowest BCUT2D eigenvalue weighted by atomic mass is 10.2. The molecule has 0 spiro atoms. The molecule has 0 fully saturated rings. The molecule has 0 aliphatic carbocycles. The Morgan fingerprint density at radius 2 is 1.90 bits per heavy atom. The van der Waals surface area contributed by atoms with Crippen LogP contribution in [0.25, 0.3) is 6.08 Å². The molecule has 4 heteroatoms. The second-order valence-corrected chi connectivity index (χ2v) is 4.81. The molecule has 2 aromatic carbocycles. The Kier molecular flexibility index (Phi) is 3.60. The topological polar surface area (TPSA) is 55.6 Å². The molecule has 0 bridgehead atoms. The summed E-state index contributed by atoms with van der Waals surface area (Å²) in [6.07, 6.45) is 3.37. The molecule has 2 aromatic rings. The number of amides is 1. The summed E-state index contributed by atoms with van der Waals surface area (Å²) in [4.78, 5) is 14.1. The monoisotopic (exact) mass is 280 g/mol. The Morgan fingerprint density at radius 1 is 1.14 bits per heavy atom. The summed E-state index contributed by atoms with van der Waals surface area (Å²) in [6, 6.07) is 15.0. The molecular formula is C17H16N2O2. The van der Waals surface area contributed by atoms with E-state index in [0.29, 0.717) is 18.8 Å². The predicted molar refractivity (Wildman–Crippen MR) is 84.2 cm³/mol. The number of hydrogen-bond donors (Lipinski definition) is 1. The summed E-state index contributed by atoms with van der Waals surface area (Å²) in [5, 5.41) is 0. The highest BCUT2D eigenvalue weighted by Crippen LogP contribution is 2.31. The quantitative estimate of drug-likeness (QED) is 0.679. The SMILES string of the molecule is Nc1ccc(/C=C/C(=O)N2CCOc3ccccc32)cc1. The Hall–Kier alpha value is -2.75. The highest BCUT2D eigenvalue weighted by Gasteiger charge is 2.21. The highest BCUT2D eigenvalue weighted by molar-refractivity contribution is 6.04. The fourth-order valence-corrected chi connectivity index (χ4v) is 2.26. The van der Waals surface area contributed by atoms with E-state index in [4.69, 9.17) is 10.5 Å². The van der Waals surface area contributed by atoms with Crippen molar-refractivity contribution in [2.75, 3.05) is 23.8 Å². The minimum atomic E-state index is -0.0532. The normalized spacial score (nSPS) is 13.8. The van der Waals surface area contributed by atoms with Gasteiger partial charge in [0, 0.05) is 11.8 Å². The van der Waals surface area contributed by atoms with Gasteiger partial charge in [-0.15, -0.1) is 0 Å². The van der Waals surface area contributed by atoms with Crippen molar-refractivity contribution in [3.63, 3.8) is 0 Å².